The number of methoxy groups -OCH3 is 1. The van der Waals surface area contributed by atoms with E-state index in [0.717, 1.165) is 30.8 Å². The molecule has 24 heavy (non-hydrogen) atoms. The van der Waals surface area contributed by atoms with Crippen LogP contribution in [0, 0.1) is 0 Å². The first kappa shape index (κ1) is 16.5. The molecule has 1 N–H and O–H groups in total. The summed E-state index contributed by atoms with van der Waals surface area (Å²) in [7, 11) is 1.66. The van der Waals surface area contributed by atoms with Crippen molar-refractivity contribution in [3.63, 3.8) is 0 Å². The van der Waals surface area contributed by atoms with Crippen LogP contribution in [0.15, 0.2) is 36.5 Å². The van der Waals surface area contributed by atoms with E-state index in [1.807, 2.05) is 40.0 Å². The molecule has 1 aromatic carbocycles. The van der Waals surface area contributed by atoms with Gasteiger partial charge in [-0.3, -0.25) is 9.48 Å². The molecular formula is C18H24N4O2. The minimum Gasteiger partial charge on any atom is -0.496 e. The number of rotatable bonds is 5. The molecule has 0 bridgehead atoms. The van der Waals surface area contributed by atoms with Crippen molar-refractivity contribution in [2.24, 2.45) is 0 Å². The van der Waals surface area contributed by atoms with Gasteiger partial charge in [0.05, 0.1) is 13.2 Å². The van der Waals surface area contributed by atoms with Gasteiger partial charge in [-0.15, -0.1) is 0 Å². The van der Waals surface area contributed by atoms with Gasteiger partial charge in [-0.2, -0.15) is 5.10 Å². The molecule has 1 saturated heterocycles. The lowest BCUT2D eigenvalue weighted by atomic mass is 10.0. The Labute approximate surface area is 142 Å². The number of piperazine rings is 1. The maximum atomic E-state index is 13.0. The third-order valence-corrected chi connectivity index (χ3v) is 4.31. The van der Waals surface area contributed by atoms with Gasteiger partial charge in [0, 0.05) is 37.9 Å². The number of hydrogen-bond donors (Lipinski definition) is 1. The van der Waals surface area contributed by atoms with Gasteiger partial charge in [0.15, 0.2) is 0 Å². The topological polar surface area (TPSA) is 59.4 Å². The van der Waals surface area contributed by atoms with Gasteiger partial charge in [-0.25, -0.2) is 0 Å². The van der Waals surface area contributed by atoms with Crippen LogP contribution < -0.4 is 10.1 Å². The number of para-hydroxylation sites is 1. The molecule has 6 nitrogen and oxygen atoms in total. The van der Waals surface area contributed by atoms with Crippen molar-refractivity contribution in [2.75, 3.05) is 26.7 Å². The molecule has 6 heteroatoms. The lowest BCUT2D eigenvalue weighted by molar-refractivity contribution is 0.0624. The normalized spacial score (nSPS) is 17.8. The van der Waals surface area contributed by atoms with E-state index in [0.29, 0.717) is 18.8 Å². The first-order valence-electron chi connectivity index (χ1n) is 8.42. The number of aromatic nitrogens is 2. The van der Waals surface area contributed by atoms with Crippen LogP contribution in [0.25, 0.3) is 0 Å². The summed E-state index contributed by atoms with van der Waals surface area (Å²) in [6, 6.07) is 9.62. The van der Waals surface area contributed by atoms with Gasteiger partial charge in [0.1, 0.15) is 11.4 Å². The second kappa shape index (κ2) is 7.49. The Balaban J connectivity index is 1.87. The molecule has 0 aliphatic carbocycles. The smallest absolute Gasteiger partial charge is 0.274 e. The Morgan fingerprint density at radius 3 is 3.00 bits per heavy atom. The van der Waals surface area contributed by atoms with Crippen molar-refractivity contribution in [2.45, 2.75) is 25.9 Å². The molecule has 0 unspecified atom stereocenters. The monoisotopic (exact) mass is 328 g/mol. The highest BCUT2D eigenvalue weighted by Gasteiger charge is 2.31. The van der Waals surface area contributed by atoms with E-state index >= 15 is 0 Å². The summed E-state index contributed by atoms with van der Waals surface area (Å²) in [6.07, 6.45) is 2.86. The summed E-state index contributed by atoms with van der Waals surface area (Å²) in [5.41, 5.74) is 1.53. The number of benzene rings is 1. The highest BCUT2D eigenvalue weighted by Crippen LogP contribution is 2.30. The largest absolute Gasteiger partial charge is 0.496 e. The first-order valence-corrected chi connectivity index (χ1v) is 8.42. The third kappa shape index (κ3) is 3.28. The summed E-state index contributed by atoms with van der Waals surface area (Å²) in [4.78, 5) is 14.9. The van der Waals surface area contributed by atoms with E-state index in [1.54, 1.807) is 13.2 Å². The van der Waals surface area contributed by atoms with Gasteiger partial charge in [-0.05, 0) is 18.6 Å². The van der Waals surface area contributed by atoms with E-state index in [-0.39, 0.29) is 11.9 Å². The number of hydrogen-bond acceptors (Lipinski definition) is 4. The summed E-state index contributed by atoms with van der Waals surface area (Å²) in [5.74, 6) is 0.780. The van der Waals surface area contributed by atoms with Crippen LogP contribution in [0.3, 0.4) is 0 Å². The average molecular weight is 328 g/mol. The zero-order valence-corrected chi connectivity index (χ0v) is 14.2. The predicted molar refractivity (Wildman–Crippen MR) is 92.2 cm³/mol. The van der Waals surface area contributed by atoms with Gasteiger partial charge in [0.25, 0.3) is 5.91 Å². The fraction of sp³-hybridized carbons (Fsp3) is 0.444. The molecule has 0 radical (unpaired) electrons. The van der Waals surface area contributed by atoms with Crippen LogP contribution in [0.1, 0.15) is 35.4 Å². The minimum absolute atomic E-state index is 0.0257. The van der Waals surface area contributed by atoms with Gasteiger partial charge >= 0.3 is 0 Å². The standard InChI is InChI=1S/C18H24N4O2/c1-3-10-21-11-8-15(20-21)18(23)22-12-9-19-13-16(22)14-6-4-5-7-17(14)24-2/h4-8,11,16,19H,3,9-10,12-13H2,1-2H3/t16-/m0/s1. The lowest BCUT2D eigenvalue weighted by Gasteiger charge is -2.36. The quantitative estimate of drug-likeness (QED) is 0.913. The summed E-state index contributed by atoms with van der Waals surface area (Å²) in [5, 5.41) is 7.79. The SMILES string of the molecule is CCCn1ccc(C(=O)N2CCNC[C@H]2c2ccccc2OC)n1. The van der Waals surface area contributed by atoms with Crippen LogP contribution in [0.2, 0.25) is 0 Å². The van der Waals surface area contributed by atoms with Crippen LogP contribution >= 0.6 is 0 Å². The zero-order chi connectivity index (χ0) is 16.9. The molecule has 1 aliphatic heterocycles. The van der Waals surface area contributed by atoms with Crippen molar-refractivity contribution in [3.8, 4) is 5.75 Å². The van der Waals surface area contributed by atoms with Crippen molar-refractivity contribution >= 4 is 5.91 Å². The lowest BCUT2D eigenvalue weighted by Crippen LogP contribution is -2.48. The van der Waals surface area contributed by atoms with E-state index in [9.17, 15) is 4.79 Å². The van der Waals surface area contributed by atoms with Crippen LogP contribution in [-0.2, 0) is 6.54 Å². The summed E-state index contributed by atoms with van der Waals surface area (Å²) >= 11 is 0. The highest BCUT2D eigenvalue weighted by molar-refractivity contribution is 5.92. The highest BCUT2D eigenvalue weighted by atomic mass is 16.5. The number of carbonyl (C=O) groups excluding carboxylic acids is 1. The number of nitrogens with zero attached hydrogens (tertiary/aromatic N) is 3. The van der Waals surface area contributed by atoms with E-state index in [1.165, 1.54) is 0 Å². The second-order valence-electron chi connectivity index (χ2n) is 5.92. The number of nitrogens with one attached hydrogen (secondary N) is 1. The van der Waals surface area contributed by atoms with Crippen molar-refractivity contribution in [1.82, 2.24) is 20.0 Å². The van der Waals surface area contributed by atoms with E-state index in [2.05, 4.69) is 17.3 Å². The molecule has 3 rings (SSSR count). The fourth-order valence-corrected chi connectivity index (χ4v) is 3.14. The Bertz CT molecular complexity index is 698. The number of aryl methyl sites for hydroxylation is 1. The molecule has 1 atom stereocenters. The molecule has 128 valence electrons. The third-order valence-electron chi connectivity index (χ3n) is 4.31. The molecule has 1 fully saturated rings. The molecule has 2 aromatic rings. The second-order valence-corrected chi connectivity index (χ2v) is 5.92. The van der Waals surface area contributed by atoms with E-state index < -0.39 is 0 Å². The minimum atomic E-state index is -0.0567. The van der Waals surface area contributed by atoms with Gasteiger partial charge in [0.2, 0.25) is 0 Å². The maximum Gasteiger partial charge on any atom is 0.274 e. The van der Waals surface area contributed by atoms with Gasteiger partial charge < -0.3 is 15.0 Å². The first-order chi connectivity index (χ1) is 11.7. The molecule has 2 heterocycles. The molecule has 1 aromatic heterocycles. The summed E-state index contributed by atoms with van der Waals surface area (Å²) in [6.45, 7) is 5.07. The van der Waals surface area contributed by atoms with Crippen LogP contribution in [0.5, 0.6) is 5.75 Å². The Hall–Kier alpha value is -2.34. The fourth-order valence-electron chi connectivity index (χ4n) is 3.14. The maximum absolute atomic E-state index is 13.0. The zero-order valence-electron chi connectivity index (χ0n) is 14.2. The van der Waals surface area contributed by atoms with Crippen molar-refractivity contribution < 1.29 is 9.53 Å². The molecule has 1 amide bonds. The number of amides is 1. The Morgan fingerprint density at radius 1 is 1.38 bits per heavy atom. The number of ether oxygens (including phenoxy) is 1. The Morgan fingerprint density at radius 2 is 2.21 bits per heavy atom. The molecular weight excluding hydrogens is 304 g/mol. The predicted octanol–water partition coefficient (Wildman–Crippen LogP) is 2.09. The van der Waals surface area contributed by atoms with Crippen molar-refractivity contribution in [3.05, 3.63) is 47.8 Å². The average Bonchev–Trinajstić information content (AvgIpc) is 3.10. The van der Waals surface area contributed by atoms with Crippen molar-refractivity contribution in [1.29, 1.82) is 0 Å². The molecule has 0 spiro atoms. The molecule has 1 aliphatic rings. The molecule has 0 saturated carbocycles. The van der Waals surface area contributed by atoms with Crippen LogP contribution in [-0.4, -0.2) is 47.3 Å². The van der Waals surface area contributed by atoms with Crippen LogP contribution in [0.4, 0.5) is 0 Å². The number of carbonyl (C=O) groups is 1. The Kier molecular flexibility index (Phi) is 5.15. The summed E-state index contributed by atoms with van der Waals surface area (Å²) < 4.78 is 7.31. The van der Waals surface area contributed by atoms with Gasteiger partial charge in [-0.1, -0.05) is 25.1 Å². The van der Waals surface area contributed by atoms with E-state index in [4.69, 9.17) is 4.74 Å².